The molecule has 0 aliphatic heterocycles. The minimum atomic E-state index is -3.23. The van der Waals surface area contributed by atoms with E-state index in [2.05, 4.69) is 19.3 Å². The number of aryl methyl sites for hydroxylation is 2. The molecular formula is C26H25N2OP. The molecule has 0 bridgehead atoms. The first kappa shape index (κ1) is 20.0. The smallest absolute Gasteiger partial charge is 0.247 e. The first-order chi connectivity index (χ1) is 14.6. The number of nitrogens with zero attached hydrogens (tertiary/aromatic N) is 1. The molecule has 4 rings (SSSR count). The molecule has 0 amide bonds. The number of hydrogen-bond acceptors (Lipinski definition) is 2. The second kappa shape index (κ2) is 8.61. The number of benzene rings is 4. The molecule has 0 aromatic heterocycles. The molecule has 30 heavy (non-hydrogen) atoms. The summed E-state index contributed by atoms with van der Waals surface area (Å²) >= 11 is 0. The summed E-state index contributed by atoms with van der Waals surface area (Å²) in [6.45, 7) is 4.11. The molecule has 0 aliphatic carbocycles. The maximum absolute atomic E-state index is 14.9. The van der Waals surface area contributed by atoms with Crippen molar-refractivity contribution in [3.05, 3.63) is 120 Å². The van der Waals surface area contributed by atoms with E-state index in [4.69, 9.17) is 0 Å². The van der Waals surface area contributed by atoms with E-state index in [1.54, 1.807) is 0 Å². The van der Waals surface area contributed by atoms with Gasteiger partial charge in [0.05, 0.1) is 11.4 Å². The van der Waals surface area contributed by atoms with Gasteiger partial charge in [0.1, 0.15) is 0 Å². The van der Waals surface area contributed by atoms with Gasteiger partial charge in [-0.1, -0.05) is 71.8 Å². The van der Waals surface area contributed by atoms with Crippen LogP contribution in [0.25, 0.3) is 0 Å². The lowest BCUT2D eigenvalue weighted by atomic mass is 10.2. The Hall–Kier alpha value is -3.29. The molecule has 0 radical (unpaired) electrons. The SMILES string of the molecule is Cc1ccc(NN(c2ccc(C)cc2)P(=O)(c2ccccc2)c2ccccc2)cc1. The van der Waals surface area contributed by atoms with Crippen LogP contribution in [-0.4, -0.2) is 0 Å². The minimum absolute atomic E-state index is 0.774. The Bertz CT molecular complexity index is 1100. The van der Waals surface area contributed by atoms with E-state index in [9.17, 15) is 4.57 Å². The zero-order valence-corrected chi connectivity index (χ0v) is 18.1. The van der Waals surface area contributed by atoms with Crippen LogP contribution >= 0.6 is 7.29 Å². The van der Waals surface area contributed by atoms with Crippen molar-refractivity contribution in [3.8, 4) is 0 Å². The highest BCUT2D eigenvalue weighted by Gasteiger charge is 2.35. The first-order valence-corrected chi connectivity index (χ1v) is 11.7. The average molecular weight is 412 g/mol. The third-order valence-corrected chi connectivity index (χ3v) is 7.95. The zero-order chi connectivity index (χ0) is 21.0. The molecule has 0 heterocycles. The minimum Gasteiger partial charge on any atom is -0.292 e. The predicted octanol–water partition coefficient (Wildman–Crippen LogP) is 6.07. The number of anilines is 2. The second-order valence-corrected chi connectivity index (χ2v) is 9.96. The number of hydrogen-bond donors (Lipinski definition) is 1. The van der Waals surface area contributed by atoms with E-state index < -0.39 is 7.29 Å². The van der Waals surface area contributed by atoms with Gasteiger partial charge in [-0.05, 0) is 62.4 Å². The van der Waals surface area contributed by atoms with Crippen molar-refractivity contribution in [1.29, 1.82) is 0 Å². The van der Waals surface area contributed by atoms with Gasteiger partial charge in [-0.2, -0.15) is 0 Å². The van der Waals surface area contributed by atoms with Crippen LogP contribution in [0, 0.1) is 13.8 Å². The summed E-state index contributed by atoms with van der Waals surface area (Å²) in [6.07, 6.45) is 0. The van der Waals surface area contributed by atoms with Gasteiger partial charge in [-0.15, -0.1) is 0 Å². The molecular weight excluding hydrogens is 387 g/mol. The van der Waals surface area contributed by atoms with Crippen LogP contribution in [0.1, 0.15) is 11.1 Å². The van der Waals surface area contributed by atoms with Crippen LogP contribution in [0.15, 0.2) is 109 Å². The highest BCUT2D eigenvalue weighted by atomic mass is 31.2. The summed E-state index contributed by atoms with van der Waals surface area (Å²) in [4.78, 5) is 0. The van der Waals surface area contributed by atoms with E-state index in [-0.39, 0.29) is 0 Å². The molecule has 1 N–H and O–H groups in total. The predicted molar refractivity (Wildman–Crippen MR) is 128 cm³/mol. The fourth-order valence-electron chi connectivity index (χ4n) is 3.37. The van der Waals surface area contributed by atoms with Crippen LogP contribution in [-0.2, 0) is 4.57 Å². The molecule has 0 atom stereocenters. The molecule has 0 fully saturated rings. The Morgan fingerprint density at radius 2 is 1.03 bits per heavy atom. The Morgan fingerprint density at radius 3 is 1.50 bits per heavy atom. The highest BCUT2D eigenvalue weighted by molar-refractivity contribution is 7.80. The van der Waals surface area contributed by atoms with Gasteiger partial charge in [0.25, 0.3) is 0 Å². The van der Waals surface area contributed by atoms with Gasteiger partial charge in [-0.25, -0.2) is 4.78 Å². The summed E-state index contributed by atoms with van der Waals surface area (Å²) in [5, 5.41) is 1.55. The second-order valence-electron chi connectivity index (χ2n) is 7.37. The lowest BCUT2D eigenvalue weighted by molar-refractivity contribution is 0.586. The molecule has 3 nitrogen and oxygen atoms in total. The van der Waals surface area contributed by atoms with E-state index in [1.807, 2.05) is 114 Å². The summed E-state index contributed by atoms with van der Waals surface area (Å²) in [6, 6.07) is 35.6. The molecule has 4 aromatic carbocycles. The summed E-state index contributed by atoms with van der Waals surface area (Å²) in [5.74, 6) is 0. The Morgan fingerprint density at radius 1 is 0.600 bits per heavy atom. The van der Waals surface area contributed by atoms with Crippen LogP contribution in [0.2, 0.25) is 0 Å². The Labute approximate surface area is 178 Å². The van der Waals surface area contributed by atoms with Crippen molar-refractivity contribution in [1.82, 2.24) is 0 Å². The van der Waals surface area contributed by atoms with Crippen LogP contribution in [0.4, 0.5) is 11.4 Å². The highest BCUT2D eigenvalue weighted by Crippen LogP contribution is 2.50. The maximum atomic E-state index is 14.9. The van der Waals surface area contributed by atoms with Crippen LogP contribution < -0.4 is 20.8 Å². The van der Waals surface area contributed by atoms with Crippen molar-refractivity contribution in [2.24, 2.45) is 0 Å². The van der Waals surface area contributed by atoms with Gasteiger partial charge in [-0.3, -0.25) is 9.99 Å². The molecule has 0 unspecified atom stereocenters. The fraction of sp³-hybridized carbons (Fsp3) is 0.0769. The maximum Gasteiger partial charge on any atom is 0.247 e. The molecule has 150 valence electrons. The van der Waals surface area contributed by atoms with Crippen molar-refractivity contribution in [2.45, 2.75) is 13.8 Å². The Kier molecular flexibility index (Phi) is 5.74. The zero-order valence-electron chi connectivity index (χ0n) is 17.2. The summed E-state index contributed by atoms with van der Waals surface area (Å²) in [7, 11) is -3.23. The van der Waals surface area contributed by atoms with Gasteiger partial charge in [0.15, 0.2) is 0 Å². The molecule has 4 heteroatoms. The van der Waals surface area contributed by atoms with Gasteiger partial charge < -0.3 is 0 Å². The third kappa shape index (κ3) is 4.03. The Balaban J connectivity index is 1.92. The molecule has 0 saturated heterocycles. The van der Waals surface area contributed by atoms with Crippen molar-refractivity contribution in [3.63, 3.8) is 0 Å². The van der Waals surface area contributed by atoms with E-state index >= 15 is 0 Å². The normalized spacial score (nSPS) is 11.1. The number of nitrogens with one attached hydrogen (secondary N) is 1. The monoisotopic (exact) mass is 412 g/mol. The molecule has 4 aromatic rings. The largest absolute Gasteiger partial charge is 0.292 e. The molecule has 0 spiro atoms. The quantitative estimate of drug-likeness (QED) is 0.308. The van der Waals surface area contributed by atoms with Gasteiger partial charge in [0, 0.05) is 10.6 Å². The summed E-state index contributed by atoms with van der Waals surface area (Å²) < 4.78 is 16.8. The topological polar surface area (TPSA) is 32.3 Å². The van der Waals surface area contributed by atoms with Crippen molar-refractivity contribution in [2.75, 3.05) is 10.2 Å². The average Bonchev–Trinajstić information content (AvgIpc) is 2.80. The van der Waals surface area contributed by atoms with Crippen LogP contribution in [0.5, 0.6) is 0 Å². The lowest BCUT2D eigenvalue weighted by Crippen LogP contribution is -2.36. The van der Waals surface area contributed by atoms with E-state index in [0.717, 1.165) is 27.5 Å². The van der Waals surface area contributed by atoms with Crippen molar-refractivity contribution >= 4 is 29.3 Å². The molecule has 0 saturated carbocycles. The number of hydrazine groups is 1. The first-order valence-electron chi connectivity index (χ1n) is 9.99. The lowest BCUT2D eigenvalue weighted by Gasteiger charge is -2.35. The number of rotatable bonds is 6. The standard InChI is InChI=1S/C26H25N2OP/c1-21-13-17-23(18-14-21)27-28(24-19-15-22(2)16-20-24)30(29,25-9-5-3-6-10-25)26-11-7-4-8-12-26/h3-20,27H,1-2H3. The van der Waals surface area contributed by atoms with Crippen LogP contribution in [0.3, 0.4) is 0 Å². The van der Waals surface area contributed by atoms with Crippen molar-refractivity contribution < 1.29 is 4.57 Å². The third-order valence-electron chi connectivity index (χ3n) is 5.06. The van der Waals surface area contributed by atoms with Gasteiger partial charge in [0.2, 0.25) is 7.29 Å². The summed E-state index contributed by atoms with van der Waals surface area (Å²) in [5.41, 5.74) is 7.51. The van der Waals surface area contributed by atoms with E-state index in [0.29, 0.717) is 0 Å². The molecule has 0 aliphatic rings. The fourth-order valence-corrected chi connectivity index (χ4v) is 6.00. The van der Waals surface area contributed by atoms with Gasteiger partial charge >= 0.3 is 0 Å². The van der Waals surface area contributed by atoms with E-state index in [1.165, 1.54) is 5.56 Å².